The topological polar surface area (TPSA) is 61.4 Å². The lowest BCUT2D eigenvalue weighted by Gasteiger charge is -2.36. The van der Waals surface area contributed by atoms with E-state index in [1.165, 1.54) is 11.1 Å². The van der Waals surface area contributed by atoms with Gasteiger partial charge in [-0.15, -0.1) is 0 Å². The number of rotatable bonds is 5. The number of likely N-dealkylation sites (tertiary alicyclic amines) is 1. The number of aromatic nitrogens is 2. The summed E-state index contributed by atoms with van der Waals surface area (Å²) in [5.41, 5.74) is 3.02. The molecule has 2 aromatic rings. The Morgan fingerprint density at radius 1 is 1.19 bits per heavy atom. The van der Waals surface area contributed by atoms with E-state index in [0.717, 1.165) is 32.4 Å². The molecule has 1 amide bonds. The zero-order valence-corrected chi connectivity index (χ0v) is 15.8. The van der Waals surface area contributed by atoms with Crippen LogP contribution in [0.2, 0.25) is 0 Å². The molecule has 138 valence electrons. The molecular weight excluding hydrogens is 326 g/mol. The second-order valence-electron chi connectivity index (χ2n) is 7.03. The number of hydrogen-bond donors (Lipinski definition) is 1. The largest absolute Gasteiger partial charge is 0.357 e. The van der Waals surface area contributed by atoms with E-state index in [0.29, 0.717) is 11.5 Å². The average Bonchev–Trinajstić information content (AvgIpc) is 2.68. The van der Waals surface area contributed by atoms with Gasteiger partial charge in [0.25, 0.3) is 5.91 Å². The van der Waals surface area contributed by atoms with Crippen LogP contribution >= 0.6 is 0 Å². The zero-order chi connectivity index (χ0) is 18.5. The molecule has 1 fully saturated rings. The van der Waals surface area contributed by atoms with E-state index in [-0.39, 0.29) is 11.9 Å². The van der Waals surface area contributed by atoms with Gasteiger partial charge in [-0.2, -0.15) is 0 Å². The van der Waals surface area contributed by atoms with Crippen LogP contribution in [-0.4, -0.2) is 53.4 Å². The van der Waals surface area contributed by atoms with Crippen LogP contribution in [0.1, 0.15) is 46.8 Å². The van der Waals surface area contributed by atoms with Crippen LogP contribution in [-0.2, 0) is 6.54 Å². The van der Waals surface area contributed by atoms with Crippen molar-refractivity contribution in [2.45, 2.75) is 31.8 Å². The summed E-state index contributed by atoms with van der Waals surface area (Å²) < 4.78 is 0. The highest BCUT2D eigenvalue weighted by Crippen LogP contribution is 2.32. The van der Waals surface area contributed by atoms with Crippen molar-refractivity contribution in [2.24, 2.45) is 0 Å². The second-order valence-corrected chi connectivity index (χ2v) is 7.03. The first-order valence-electron chi connectivity index (χ1n) is 9.13. The smallest absolute Gasteiger partial charge is 0.257 e. The lowest BCUT2D eigenvalue weighted by molar-refractivity contribution is 0.0610. The SMILES string of the molecule is CNc1ncc(C(=O)N2CCCCC2c2ccc(CN(C)C)cc2)cn1. The number of amides is 1. The molecule has 6 heteroatoms. The summed E-state index contributed by atoms with van der Waals surface area (Å²) in [6.45, 7) is 1.69. The van der Waals surface area contributed by atoms with Crippen LogP contribution < -0.4 is 5.32 Å². The van der Waals surface area contributed by atoms with E-state index in [4.69, 9.17) is 0 Å². The number of carbonyl (C=O) groups excluding carboxylic acids is 1. The third kappa shape index (κ3) is 4.19. The Morgan fingerprint density at radius 2 is 1.88 bits per heavy atom. The Bertz CT molecular complexity index is 727. The van der Waals surface area contributed by atoms with Crippen LogP contribution in [0.4, 0.5) is 5.95 Å². The first kappa shape index (κ1) is 18.3. The van der Waals surface area contributed by atoms with Crippen molar-refractivity contribution in [3.8, 4) is 0 Å². The summed E-state index contributed by atoms with van der Waals surface area (Å²) >= 11 is 0. The molecule has 0 aliphatic carbocycles. The van der Waals surface area contributed by atoms with Crippen LogP contribution in [0.25, 0.3) is 0 Å². The average molecular weight is 353 g/mol. The van der Waals surface area contributed by atoms with E-state index < -0.39 is 0 Å². The van der Waals surface area contributed by atoms with Crippen molar-refractivity contribution in [2.75, 3.05) is 33.0 Å². The molecule has 1 aromatic heterocycles. The van der Waals surface area contributed by atoms with E-state index in [1.54, 1.807) is 19.4 Å². The molecule has 0 bridgehead atoms. The standard InChI is InChI=1S/C20H27N5O/c1-21-20-22-12-17(13-23-20)19(26)25-11-5-4-6-18(25)16-9-7-15(8-10-16)14-24(2)3/h7-10,12-13,18H,4-6,11,14H2,1-3H3,(H,21,22,23). The molecular formula is C20H27N5O. The molecule has 1 saturated heterocycles. The van der Waals surface area contributed by atoms with Crippen molar-refractivity contribution in [1.82, 2.24) is 19.8 Å². The van der Waals surface area contributed by atoms with Gasteiger partial charge in [-0.05, 0) is 44.5 Å². The Morgan fingerprint density at radius 3 is 2.50 bits per heavy atom. The Labute approximate surface area is 155 Å². The van der Waals surface area contributed by atoms with Gasteiger partial charge in [0.15, 0.2) is 0 Å². The predicted molar refractivity (Wildman–Crippen MR) is 103 cm³/mol. The minimum absolute atomic E-state index is 0.00900. The summed E-state index contributed by atoms with van der Waals surface area (Å²) in [7, 11) is 5.89. The first-order valence-corrected chi connectivity index (χ1v) is 9.13. The summed E-state index contributed by atoms with van der Waals surface area (Å²) in [4.78, 5) is 25.5. The van der Waals surface area contributed by atoms with E-state index >= 15 is 0 Å². The number of piperidine rings is 1. The van der Waals surface area contributed by atoms with E-state index in [1.807, 2.05) is 4.90 Å². The van der Waals surface area contributed by atoms with Crippen LogP contribution in [0.15, 0.2) is 36.7 Å². The number of benzene rings is 1. The van der Waals surface area contributed by atoms with Gasteiger partial charge in [0.2, 0.25) is 5.95 Å². The molecule has 3 rings (SSSR count). The maximum atomic E-state index is 13.0. The normalized spacial score (nSPS) is 17.4. The summed E-state index contributed by atoms with van der Waals surface area (Å²) in [5, 5.41) is 2.88. The molecule has 0 radical (unpaired) electrons. The third-order valence-electron chi connectivity index (χ3n) is 4.75. The van der Waals surface area contributed by atoms with Crippen molar-refractivity contribution >= 4 is 11.9 Å². The van der Waals surface area contributed by atoms with Gasteiger partial charge in [-0.1, -0.05) is 24.3 Å². The van der Waals surface area contributed by atoms with Gasteiger partial charge in [0, 0.05) is 32.5 Å². The molecule has 1 aromatic carbocycles. The van der Waals surface area contributed by atoms with Gasteiger partial charge in [-0.3, -0.25) is 4.79 Å². The van der Waals surface area contributed by atoms with Crippen molar-refractivity contribution in [1.29, 1.82) is 0 Å². The summed E-state index contributed by atoms with van der Waals surface area (Å²) in [5.74, 6) is 0.531. The molecule has 0 saturated carbocycles. The minimum atomic E-state index is 0.00900. The molecule has 1 unspecified atom stereocenters. The fourth-order valence-corrected chi connectivity index (χ4v) is 3.46. The lowest BCUT2D eigenvalue weighted by Crippen LogP contribution is -2.38. The van der Waals surface area contributed by atoms with E-state index in [9.17, 15) is 4.79 Å². The molecule has 0 spiro atoms. The molecule has 26 heavy (non-hydrogen) atoms. The number of carbonyl (C=O) groups is 1. The van der Waals surface area contributed by atoms with Crippen LogP contribution in [0.5, 0.6) is 0 Å². The Balaban J connectivity index is 1.79. The quantitative estimate of drug-likeness (QED) is 0.895. The van der Waals surface area contributed by atoms with Gasteiger partial charge < -0.3 is 15.1 Å². The van der Waals surface area contributed by atoms with E-state index in [2.05, 4.69) is 58.5 Å². The fourth-order valence-electron chi connectivity index (χ4n) is 3.46. The molecule has 1 aliphatic rings. The molecule has 1 aliphatic heterocycles. The van der Waals surface area contributed by atoms with Crippen molar-refractivity contribution in [3.05, 3.63) is 53.3 Å². The predicted octanol–water partition coefficient (Wildman–Crippen LogP) is 2.95. The fraction of sp³-hybridized carbons (Fsp3) is 0.450. The van der Waals surface area contributed by atoms with Crippen molar-refractivity contribution in [3.63, 3.8) is 0 Å². The zero-order valence-electron chi connectivity index (χ0n) is 15.8. The van der Waals surface area contributed by atoms with Gasteiger partial charge in [0.1, 0.15) is 0 Å². The Hall–Kier alpha value is -2.47. The maximum absolute atomic E-state index is 13.0. The molecule has 1 atom stereocenters. The number of nitrogens with zero attached hydrogens (tertiary/aromatic N) is 4. The summed E-state index contributed by atoms with van der Waals surface area (Å²) in [6.07, 6.45) is 6.38. The molecule has 2 heterocycles. The first-order chi connectivity index (χ1) is 12.6. The summed E-state index contributed by atoms with van der Waals surface area (Å²) in [6, 6.07) is 8.77. The monoisotopic (exact) mass is 353 g/mol. The van der Waals surface area contributed by atoms with Gasteiger partial charge >= 0.3 is 0 Å². The highest BCUT2D eigenvalue weighted by Gasteiger charge is 2.29. The van der Waals surface area contributed by atoms with Crippen LogP contribution in [0.3, 0.4) is 0 Å². The highest BCUT2D eigenvalue weighted by atomic mass is 16.2. The third-order valence-corrected chi connectivity index (χ3v) is 4.75. The highest BCUT2D eigenvalue weighted by molar-refractivity contribution is 5.94. The number of nitrogens with one attached hydrogen (secondary N) is 1. The number of hydrogen-bond acceptors (Lipinski definition) is 5. The molecule has 1 N–H and O–H groups in total. The molecule has 6 nitrogen and oxygen atoms in total. The van der Waals surface area contributed by atoms with Crippen LogP contribution in [0, 0.1) is 0 Å². The number of anilines is 1. The van der Waals surface area contributed by atoms with Gasteiger partial charge in [0.05, 0.1) is 11.6 Å². The van der Waals surface area contributed by atoms with Gasteiger partial charge in [-0.25, -0.2) is 9.97 Å². The second kappa shape index (κ2) is 8.27. The van der Waals surface area contributed by atoms with Crippen molar-refractivity contribution < 1.29 is 4.79 Å². The Kier molecular flexibility index (Phi) is 5.83. The lowest BCUT2D eigenvalue weighted by atomic mass is 9.94. The minimum Gasteiger partial charge on any atom is -0.357 e. The maximum Gasteiger partial charge on any atom is 0.257 e.